The van der Waals surface area contributed by atoms with Crippen molar-refractivity contribution in [1.29, 1.82) is 0 Å². The molecular weight excluding hydrogens is 220 g/mol. The third-order valence-electron chi connectivity index (χ3n) is 4.33. The van der Waals surface area contributed by atoms with Gasteiger partial charge in [-0.05, 0) is 44.7 Å². The first-order valence-corrected chi connectivity index (χ1v) is 7.36. The molecule has 0 bridgehead atoms. The molecule has 2 fully saturated rings. The van der Waals surface area contributed by atoms with Gasteiger partial charge in [0.25, 0.3) is 0 Å². The quantitative estimate of drug-likeness (QED) is 0.856. The highest BCUT2D eigenvalue weighted by Gasteiger charge is 2.38. The second-order valence-corrected chi connectivity index (χ2v) is 5.90. The fraction of sp³-hybridized carbons (Fsp3) is 0.625. The molecule has 1 aliphatic carbocycles. The highest BCUT2D eigenvalue weighted by atomic mass is 15.3. The van der Waals surface area contributed by atoms with Crippen LogP contribution < -0.4 is 5.32 Å². The molecular formula is C16H24N2. The predicted octanol–water partition coefficient (Wildman–Crippen LogP) is 2.44. The van der Waals surface area contributed by atoms with E-state index in [2.05, 4.69) is 47.5 Å². The van der Waals surface area contributed by atoms with E-state index in [0.29, 0.717) is 6.04 Å². The zero-order chi connectivity index (χ0) is 12.4. The molecule has 1 saturated carbocycles. The molecule has 0 amide bonds. The summed E-state index contributed by atoms with van der Waals surface area (Å²) in [6.07, 6.45) is 5.34. The lowest BCUT2D eigenvalue weighted by atomic mass is 10.1. The molecule has 0 spiro atoms. The third kappa shape index (κ3) is 2.93. The van der Waals surface area contributed by atoms with Crippen LogP contribution in [-0.2, 0) is 6.42 Å². The van der Waals surface area contributed by atoms with E-state index in [0.717, 1.165) is 25.0 Å². The van der Waals surface area contributed by atoms with Crippen molar-refractivity contribution in [2.24, 2.45) is 0 Å². The number of hydrogen-bond acceptors (Lipinski definition) is 2. The van der Waals surface area contributed by atoms with E-state index >= 15 is 0 Å². The fourth-order valence-corrected chi connectivity index (χ4v) is 3.18. The van der Waals surface area contributed by atoms with Gasteiger partial charge in [0, 0.05) is 24.7 Å². The summed E-state index contributed by atoms with van der Waals surface area (Å²) in [5.74, 6) is 0. The van der Waals surface area contributed by atoms with E-state index in [-0.39, 0.29) is 0 Å². The molecule has 1 heterocycles. The van der Waals surface area contributed by atoms with E-state index in [1.807, 2.05) is 0 Å². The molecule has 2 unspecified atom stereocenters. The van der Waals surface area contributed by atoms with E-state index in [9.17, 15) is 0 Å². The van der Waals surface area contributed by atoms with Crippen LogP contribution in [0, 0.1) is 0 Å². The normalized spacial score (nSPS) is 28.7. The zero-order valence-electron chi connectivity index (χ0n) is 11.3. The molecule has 2 atom stereocenters. The van der Waals surface area contributed by atoms with Crippen LogP contribution in [0.5, 0.6) is 0 Å². The fourth-order valence-electron chi connectivity index (χ4n) is 3.18. The molecule has 1 aromatic rings. The first-order valence-electron chi connectivity index (χ1n) is 7.36. The van der Waals surface area contributed by atoms with Gasteiger partial charge >= 0.3 is 0 Å². The maximum absolute atomic E-state index is 3.73. The summed E-state index contributed by atoms with van der Waals surface area (Å²) in [5.41, 5.74) is 1.44. The minimum absolute atomic E-state index is 0.712. The maximum Gasteiger partial charge on any atom is 0.0210 e. The lowest BCUT2D eigenvalue weighted by molar-refractivity contribution is 0.255. The number of nitrogens with zero attached hydrogens (tertiary/aromatic N) is 1. The smallest absolute Gasteiger partial charge is 0.0210 e. The van der Waals surface area contributed by atoms with Crippen molar-refractivity contribution in [3.05, 3.63) is 35.9 Å². The van der Waals surface area contributed by atoms with Crippen LogP contribution in [0.15, 0.2) is 30.3 Å². The van der Waals surface area contributed by atoms with Gasteiger partial charge in [0.05, 0.1) is 0 Å². The Kier molecular flexibility index (Phi) is 3.67. The van der Waals surface area contributed by atoms with Crippen molar-refractivity contribution in [1.82, 2.24) is 10.2 Å². The molecule has 2 aliphatic rings. The van der Waals surface area contributed by atoms with Crippen LogP contribution in [0.4, 0.5) is 0 Å². The molecule has 1 aliphatic heterocycles. The van der Waals surface area contributed by atoms with E-state index in [1.54, 1.807) is 0 Å². The third-order valence-corrected chi connectivity index (χ3v) is 4.33. The number of benzene rings is 1. The van der Waals surface area contributed by atoms with Crippen LogP contribution in [0.3, 0.4) is 0 Å². The Hall–Kier alpha value is -0.860. The summed E-state index contributed by atoms with van der Waals surface area (Å²) in [6.45, 7) is 4.76. The minimum atomic E-state index is 0.712. The van der Waals surface area contributed by atoms with Gasteiger partial charge in [-0.2, -0.15) is 0 Å². The lowest BCUT2D eigenvalue weighted by Crippen LogP contribution is -2.35. The van der Waals surface area contributed by atoms with Crippen molar-refractivity contribution >= 4 is 0 Å². The highest BCUT2D eigenvalue weighted by molar-refractivity contribution is 5.14. The SMILES string of the molecule is CC1CC(NCCc2ccccc2)CN1C1CC1. The topological polar surface area (TPSA) is 15.3 Å². The van der Waals surface area contributed by atoms with Crippen molar-refractivity contribution in [3.8, 4) is 0 Å². The van der Waals surface area contributed by atoms with Crippen LogP contribution in [0.25, 0.3) is 0 Å². The maximum atomic E-state index is 3.73. The van der Waals surface area contributed by atoms with Gasteiger partial charge in [-0.3, -0.25) is 4.90 Å². The Balaban J connectivity index is 1.41. The molecule has 18 heavy (non-hydrogen) atoms. The molecule has 98 valence electrons. The van der Waals surface area contributed by atoms with Gasteiger partial charge in [0.2, 0.25) is 0 Å². The van der Waals surface area contributed by atoms with Crippen molar-refractivity contribution in [2.75, 3.05) is 13.1 Å². The van der Waals surface area contributed by atoms with E-state index in [4.69, 9.17) is 0 Å². The summed E-state index contributed by atoms with van der Waals surface area (Å²) >= 11 is 0. The van der Waals surface area contributed by atoms with E-state index < -0.39 is 0 Å². The summed E-state index contributed by atoms with van der Waals surface area (Å²) in [4.78, 5) is 2.71. The molecule has 0 aromatic heterocycles. The van der Waals surface area contributed by atoms with Gasteiger partial charge < -0.3 is 5.32 Å². The average Bonchev–Trinajstić information content (AvgIpc) is 3.15. The summed E-state index contributed by atoms with van der Waals surface area (Å²) in [5, 5.41) is 3.73. The van der Waals surface area contributed by atoms with Gasteiger partial charge in [-0.1, -0.05) is 30.3 Å². The van der Waals surface area contributed by atoms with Crippen LogP contribution in [-0.4, -0.2) is 36.1 Å². The van der Waals surface area contributed by atoms with Crippen LogP contribution >= 0.6 is 0 Å². The largest absolute Gasteiger partial charge is 0.312 e. The summed E-state index contributed by atoms with van der Waals surface area (Å²) in [7, 11) is 0. The highest BCUT2D eigenvalue weighted by Crippen LogP contribution is 2.33. The number of likely N-dealkylation sites (tertiary alicyclic amines) is 1. The monoisotopic (exact) mass is 244 g/mol. The average molecular weight is 244 g/mol. The van der Waals surface area contributed by atoms with Crippen molar-refractivity contribution < 1.29 is 0 Å². The second-order valence-electron chi connectivity index (χ2n) is 5.90. The Labute approximate surface area is 110 Å². The molecule has 1 saturated heterocycles. The Bertz CT molecular complexity index is 372. The molecule has 2 nitrogen and oxygen atoms in total. The molecule has 0 radical (unpaired) electrons. The molecule has 1 aromatic carbocycles. The number of nitrogens with one attached hydrogen (secondary N) is 1. The summed E-state index contributed by atoms with van der Waals surface area (Å²) < 4.78 is 0. The summed E-state index contributed by atoms with van der Waals surface area (Å²) in [6, 6.07) is 13.2. The zero-order valence-corrected chi connectivity index (χ0v) is 11.3. The van der Waals surface area contributed by atoms with Gasteiger partial charge in [-0.15, -0.1) is 0 Å². The predicted molar refractivity (Wildman–Crippen MR) is 75.7 cm³/mol. The first kappa shape index (κ1) is 12.2. The Morgan fingerprint density at radius 2 is 2.00 bits per heavy atom. The minimum Gasteiger partial charge on any atom is -0.312 e. The second kappa shape index (κ2) is 5.41. The van der Waals surface area contributed by atoms with Crippen LogP contribution in [0.2, 0.25) is 0 Å². The van der Waals surface area contributed by atoms with Gasteiger partial charge in [-0.25, -0.2) is 0 Å². The van der Waals surface area contributed by atoms with Gasteiger partial charge in [0.15, 0.2) is 0 Å². The number of rotatable bonds is 5. The Morgan fingerprint density at radius 1 is 1.22 bits per heavy atom. The van der Waals surface area contributed by atoms with Crippen LogP contribution in [0.1, 0.15) is 31.7 Å². The van der Waals surface area contributed by atoms with Crippen molar-refractivity contribution in [2.45, 2.75) is 50.7 Å². The lowest BCUT2D eigenvalue weighted by Gasteiger charge is -2.19. The van der Waals surface area contributed by atoms with E-state index in [1.165, 1.54) is 31.4 Å². The molecule has 3 rings (SSSR count). The van der Waals surface area contributed by atoms with Gasteiger partial charge in [0.1, 0.15) is 0 Å². The Morgan fingerprint density at radius 3 is 2.72 bits per heavy atom. The first-order chi connectivity index (χ1) is 8.83. The molecule has 2 heteroatoms. The number of hydrogen-bond donors (Lipinski definition) is 1. The molecule has 1 N–H and O–H groups in total. The van der Waals surface area contributed by atoms with Crippen molar-refractivity contribution in [3.63, 3.8) is 0 Å². The standard InChI is InChI=1S/C16H24N2/c1-13-11-15(12-18(13)16-7-8-16)17-10-9-14-5-3-2-4-6-14/h2-6,13,15-17H,7-12H2,1H3.